The lowest BCUT2D eigenvalue weighted by atomic mass is 10.1. The number of nitrogens with one attached hydrogen (secondary N) is 1. The van der Waals surface area contributed by atoms with E-state index in [4.69, 9.17) is 5.73 Å². The van der Waals surface area contributed by atoms with Gasteiger partial charge in [0.05, 0.1) is 5.69 Å². The summed E-state index contributed by atoms with van der Waals surface area (Å²) in [5.41, 5.74) is 9.39. The molecule has 0 amide bonds. The van der Waals surface area contributed by atoms with Crippen molar-refractivity contribution in [3.05, 3.63) is 17.0 Å². The van der Waals surface area contributed by atoms with E-state index in [1.165, 1.54) is 36.9 Å². The zero-order chi connectivity index (χ0) is 8.39. The molecule has 0 unspecified atom stereocenters. The summed E-state index contributed by atoms with van der Waals surface area (Å²) in [5, 5.41) is 7.30. The van der Waals surface area contributed by atoms with Crippen LogP contribution in [0.4, 0.5) is 0 Å². The number of nitrogens with zero attached hydrogens (tertiary/aromatic N) is 1. The fourth-order valence-corrected chi connectivity index (χ4v) is 1.90. The summed E-state index contributed by atoms with van der Waals surface area (Å²) < 4.78 is 0. The van der Waals surface area contributed by atoms with E-state index in [1.54, 1.807) is 0 Å². The van der Waals surface area contributed by atoms with Gasteiger partial charge >= 0.3 is 0 Å². The van der Waals surface area contributed by atoms with Gasteiger partial charge in [-0.15, -0.1) is 0 Å². The van der Waals surface area contributed by atoms with Crippen molar-refractivity contribution in [3.63, 3.8) is 0 Å². The second-order valence-corrected chi connectivity index (χ2v) is 3.39. The van der Waals surface area contributed by atoms with E-state index in [2.05, 4.69) is 10.2 Å². The van der Waals surface area contributed by atoms with Gasteiger partial charge in [0.2, 0.25) is 0 Å². The molecule has 0 atom stereocenters. The van der Waals surface area contributed by atoms with Crippen LogP contribution in [0, 0.1) is 0 Å². The van der Waals surface area contributed by atoms with Crippen LogP contribution in [0.3, 0.4) is 0 Å². The van der Waals surface area contributed by atoms with E-state index >= 15 is 0 Å². The summed E-state index contributed by atoms with van der Waals surface area (Å²) in [5.74, 6) is 0. The summed E-state index contributed by atoms with van der Waals surface area (Å²) in [6, 6.07) is 0. The number of aromatic amines is 1. The van der Waals surface area contributed by atoms with Crippen LogP contribution >= 0.6 is 0 Å². The SMILES string of the molecule is NCc1n[nH]c2c1CCCCC2. The number of hydrogen-bond acceptors (Lipinski definition) is 2. The number of hydrogen-bond donors (Lipinski definition) is 2. The fourth-order valence-electron chi connectivity index (χ4n) is 1.90. The van der Waals surface area contributed by atoms with Gasteiger partial charge in [-0.1, -0.05) is 6.42 Å². The average Bonchev–Trinajstić information content (AvgIpc) is 2.33. The number of H-pyrrole nitrogens is 1. The Morgan fingerprint density at radius 1 is 1.25 bits per heavy atom. The third-order valence-electron chi connectivity index (χ3n) is 2.59. The van der Waals surface area contributed by atoms with Crippen molar-refractivity contribution in [1.29, 1.82) is 0 Å². The number of rotatable bonds is 1. The molecule has 0 saturated carbocycles. The van der Waals surface area contributed by atoms with Gasteiger partial charge in [-0.05, 0) is 31.2 Å². The lowest BCUT2D eigenvalue weighted by Crippen LogP contribution is -2.00. The van der Waals surface area contributed by atoms with E-state index in [0.717, 1.165) is 12.1 Å². The minimum atomic E-state index is 0.575. The van der Waals surface area contributed by atoms with Gasteiger partial charge in [-0.2, -0.15) is 5.10 Å². The minimum Gasteiger partial charge on any atom is -0.325 e. The molecule has 0 aliphatic heterocycles. The predicted octanol–water partition coefficient (Wildman–Crippen LogP) is 1.14. The van der Waals surface area contributed by atoms with Gasteiger partial charge in [-0.25, -0.2) is 0 Å². The topological polar surface area (TPSA) is 54.7 Å². The molecule has 3 heteroatoms. The van der Waals surface area contributed by atoms with Gasteiger partial charge in [0.1, 0.15) is 0 Å². The van der Waals surface area contributed by atoms with Crippen molar-refractivity contribution < 1.29 is 0 Å². The Bertz CT molecular complexity index is 265. The molecule has 1 aliphatic rings. The minimum absolute atomic E-state index is 0.575. The molecule has 12 heavy (non-hydrogen) atoms. The quantitative estimate of drug-likeness (QED) is 0.613. The third-order valence-corrected chi connectivity index (χ3v) is 2.59. The molecule has 3 N–H and O–H groups in total. The van der Waals surface area contributed by atoms with E-state index in [1.807, 2.05) is 0 Å². The Balaban J connectivity index is 2.32. The van der Waals surface area contributed by atoms with Crippen molar-refractivity contribution in [3.8, 4) is 0 Å². The maximum atomic E-state index is 5.59. The van der Waals surface area contributed by atoms with Gasteiger partial charge < -0.3 is 5.73 Å². The second kappa shape index (κ2) is 3.27. The highest BCUT2D eigenvalue weighted by Crippen LogP contribution is 2.20. The average molecular weight is 165 g/mol. The van der Waals surface area contributed by atoms with E-state index in [0.29, 0.717) is 6.54 Å². The van der Waals surface area contributed by atoms with Crippen molar-refractivity contribution in [2.45, 2.75) is 38.6 Å². The van der Waals surface area contributed by atoms with Crippen LogP contribution in [0.5, 0.6) is 0 Å². The molecular weight excluding hydrogens is 150 g/mol. The van der Waals surface area contributed by atoms with Crippen molar-refractivity contribution in [2.24, 2.45) is 5.73 Å². The number of aromatic nitrogens is 2. The summed E-state index contributed by atoms with van der Waals surface area (Å²) >= 11 is 0. The summed E-state index contributed by atoms with van der Waals surface area (Å²) in [6.07, 6.45) is 6.24. The molecule has 1 aromatic heterocycles. The van der Waals surface area contributed by atoms with Crippen LogP contribution in [-0.4, -0.2) is 10.2 Å². The Labute approximate surface area is 72.4 Å². The monoisotopic (exact) mass is 165 g/mol. The Kier molecular flexibility index (Phi) is 2.13. The highest BCUT2D eigenvalue weighted by Gasteiger charge is 2.13. The van der Waals surface area contributed by atoms with Gasteiger partial charge in [0.25, 0.3) is 0 Å². The molecule has 1 aliphatic carbocycles. The Hall–Kier alpha value is -0.830. The molecular formula is C9H15N3. The van der Waals surface area contributed by atoms with E-state index in [-0.39, 0.29) is 0 Å². The highest BCUT2D eigenvalue weighted by molar-refractivity contribution is 5.26. The summed E-state index contributed by atoms with van der Waals surface area (Å²) in [7, 11) is 0. The van der Waals surface area contributed by atoms with Crippen LogP contribution in [0.2, 0.25) is 0 Å². The third kappa shape index (κ3) is 1.25. The van der Waals surface area contributed by atoms with E-state index in [9.17, 15) is 0 Å². The number of aryl methyl sites for hydroxylation is 1. The molecule has 3 nitrogen and oxygen atoms in total. The van der Waals surface area contributed by atoms with Crippen LogP contribution in [0.1, 0.15) is 36.2 Å². The number of nitrogens with two attached hydrogens (primary N) is 1. The maximum Gasteiger partial charge on any atom is 0.0792 e. The fraction of sp³-hybridized carbons (Fsp3) is 0.667. The zero-order valence-electron chi connectivity index (χ0n) is 7.27. The molecule has 0 spiro atoms. The first-order valence-corrected chi connectivity index (χ1v) is 4.67. The van der Waals surface area contributed by atoms with Crippen LogP contribution in [-0.2, 0) is 19.4 Å². The first-order valence-electron chi connectivity index (χ1n) is 4.67. The smallest absolute Gasteiger partial charge is 0.0792 e. The van der Waals surface area contributed by atoms with Gasteiger partial charge in [0.15, 0.2) is 0 Å². The van der Waals surface area contributed by atoms with Crippen molar-refractivity contribution >= 4 is 0 Å². The van der Waals surface area contributed by atoms with Gasteiger partial charge in [-0.3, -0.25) is 5.10 Å². The molecule has 2 rings (SSSR count). The predicted molar refractivity (Wildman–Crippen MR) is 47.7 cm³/mol. The van der Waals surface area contributed by atoms with Crippen LogP contribution < -0.4 is 5.73 Å². The largest absolute Gasteiger partial charge is 0.325 e. The first-order chi connectivity index (χ1) is 5.92. The zero-order valence-corrected chi connectivity index (χ0v) is 7.27. The maximum absolute atomic E-state index is 5.59. The molecule has 0 aromatic carbocycles. The lowest BCUT2D eigenvalue weighted by molar-refractivity contribution is 0.698. The molecule has 0 bridgehead atoms. The normalized spacial score (nSPS) is 17.1. The van der Waals surface area contributed by atoms with Crippen molar-refractivity contribution in [1.82, 2.24) is 10.2 Å². The Morgan fingerprint density at radius 3 is 2.92 bits per heavy atom. The van der Waals surface area contributed by atoms with Gasteiger partial charge in [0, 0.05) is 12.2 Å². The highest BCUT2D eigenvalue weighted by atomic mass is 15.1. The Morgan fingerprint density at radius 2 is 2.08 bits per heavy atom. The summed E-state index contributed by atoms with van der Waals surface area (Å²) in [6.45, 7) is 0.575. The molecule has 0 radical (unpaired) electrons. The van der Waals surface area contributed by atoms with E-state index < -0.39 is 0 Å². The first kappa shape index (κ1) is 7.80. The molecule has 66 valence electrons. The molecule has 1 heterocycles. The second-order valence-electron chi connectivity index (χ2n) is 3.39. The standard InChI is InChI=1S/C9H15N3/c10-6-9-7-4-2-1-3-5-8(7)11-12-9/h1-6,10H2,(H,11,12). The molecule has 1 aromatic rings. The van der Waals surface area contributed by atoms with Crippen molar-refractivity contribution in [2.75, 3.05) is 0 Å². The van der Waals surface area contributed by atoms with Crippen LogP contribution in [0.15, 0.2) is 0 Å². The molecule has 0 saturated heterocycles. The lowest BCUT2D eigenvalue weighted by Gasteiger charge is -1.97. The molecule has 0 fully saturated rings. The number of fused-ring (bicyclic) bond motifs is 1. The summed E-state index contributed by atoms with van der Waals surface area (Å²) in [4.78, 5) is 0. The van der Waals surface area contributed by atoms with Crippen LogP contribution in [0.25, 0.3) is 0 Å².